The summed E-state index contributed by atoms with van der Waals surface area (Å²) in [5, 5.41) is 2.32. The second-order valence-electron chi connectivity index (χ2n) is 5.40. The van der Waals surface area contributed by atoms with E-state index in [1.165, 1.54) is 22.2 Å². The van der Waals surface area contributed by atoms with E-state index in [2.05, 4.69) is 4.98 Å². The lowest BCUT2D eigenvalue weighted by molar-refractivity contribution is -0.135. The van der Waals surface area contributed by atoms with Crippen LogP contribution in [-0.4, -0.2) is 39.4 Å². The van der Waals surface area contributed by atoms with Gasteiger partial charge in [-0.25, -0.2) is 4.98 Å². The van der Waals surface area contributed by atoms with Crippen molar-refractivity contribution < 1.29 is 9.59 Å². The number of rotatable bonds is 3. The van der Waals surface area contributed by atoms with Crippen LogP contribution in [0.1, 0.15) is 12.8 Å². The third-order valence-corrected chi connectivity index (χ3v) is 4.75. The fourth-order valence-corrected chi connectivity index (χ4v) is 3.41. The Hall–Kier alpha value is -2.22. The number of hydrogen-bond donors (Lipinski definition) is 1. The van der Waals surface area contributed by atoms with Crippen molar-refractivity contribution in [1.29, 1.82) is 0 Å². The normalized spacial score (nSPS) is 18.5. The molecule has 1 aliphatic heterocycles. The van der Waals surface area contributed by atoms with Crippen LogP contribution in [0.2, 0.25) is 0 Å². The fourth-order valence-electron chi connectivity index (χ4n) is 2.69. The molecule has 0 aromatic carbocycles. The quantitative estimate of drug-likeness (QED) is 0.872. The summed E-state index contributed by atoms with van der Waals surface area (Å²) < 4.78 is 1.31. The number of amides is 2. The Balaban J connectivity index is 1.76. The minimum Gasteiger partial charge on any atom is -0.369 e. The lowest BCUT2D eigenvalue weighted by Gasteiger charge is -2.31. The van der Waals surface area contributed by atoms with Crippen LogP contribution >= 0.6 is 11.3 Å². The van der Waals surface area contributed by atoms with E-state index in [-0.39, 0.29) is 29.8 Å². The molecule has 0 spiro atoms. The van der Waals surface area contributed by atoms with Gasteiger partial charge in [0.15, 0.2) is 0 Å². The van der Waals surface area contributed by atoms with Crippen molar-refractivity contribution in [3.63, 3.8) is 0 Å². The summed E-state index contributed by atoms with van der Waals surface area (Å²) in [4.78, 5) is 42.3. The first-order chi connectivity index (χ1) is 10.6. The van der Waals surface area contributed by atoms with Gasteiger partial charge in [-0.15, -0.1) is 11.3 Å². The number of thiophene rings is 1. The van der Waals surface area contributed by atoms with Crippen molar-refractivity contribution >= 4 is 33.4 Å². The highest BCUT2D eigenvalue weighted by atomic mass is 32.1. The molecule has 7 nitrogen and oxygen atoms in total. The van der Waals surface area contributed by atoms with Gasteiger partial charge in [-0.3, -0.25) is 19.0 Å². The summed E-state index contributed by atoms with van der Waals surface area (Å²) >= 11 is 1.39. The third kappa shape index (κ3) is 2.74. The molecule has 1 saturated heterocycles. The second kappa shape index (κ2) is 5.88. The molecule has 0 radical (unpaired) electrons. The Morgan fingerprint density at radius 2 is 2.27 bits per heavy atom. The van der Waals surface area contributed by atoms with Gasteiger partial charge in [0, 0.05) is 13.1 Å². The number of likely N-dealkylation sites (tertiary alicyclic amines) is 1. The first-order valence-corrected chi connectivity index (χ1v) is 7.94. The zero-order chi connectivity index (χ0) is 15.7. The minimum absolute atomic E-state index is 0.0664. The van der Waals surface area contributed by atoms with Crippen molar-refractivity contribution in [2.75, 3.05) is 13.1 Å². The molecule has 2 aromatic rings. The topological polar surface area (TPSA) is 98.3 Å². The molecule has 1 unspecified atom stereocenters. The monoisotopic (exact) mass is 320 g/mol. The number of carbonyl (C=O) groups is 2. The van der Waals surface area contributed by atoms with Crippen molar-refractivity contribution in [1.82, 2.24) is 14.5 Å². The minimum atomic E-state index is -0.379. The number of piperidine rings is 1. The van der Waals surface area contributed by atoms with E-state index in [1.54, 1.807) is 16.3 Å². The molecule has 2 aromatic heterocycles. The van der Waals surface area contributed by atoms with E-state index in [1.807, 2.05) is 0 Å². The van der Waals surface area contributed by atoms with Gasteiger partial charge in [0.1, 0.15) is 11.4 Å². The average Bonchev–Trinajstić information content (AvgIpc) is 2.99. The van der Waals surface area contributed by atoms with Crippen LogP contribution < -0.4 is 11.3 Å². The molecule has 0 saturated carbocycles. The molecular weight excluding hydrogens is 304 g/mol. The Morgan fingerprint density at radius 3 is 3.05 bits per heavy atom. The number of nitrogens with two attached hydrogens (primary N) is 1. The van der Waals surface area contributed by atoms with Crippen LogP contribution in [0.15, 0.2) is 22.6 Å². The highest BCUT2D eigenvalue weighted by Crippen LogP contribution is 2.17. The van der Waals surface area contributed by atoms with Gasteiger partial charge in [-0.2, -0.15) is 0 Å². The van der Waals surface area contributed by atoms with Gasteiger partial charge in [0.25, 0.3) is 5.56 Å². The molecule has 2 N–H and O–H groups in total. The van der Waals surface area contributed by atoms with E-state index in [9.17, 15) is 14.4 Å². The molecule has 1 fully saturated rings. The van der Waals surface area contributed by atoms with Gasteiger partial charge in [-0.05, 0) is 24.3 Å². The SMILES string of the molecule is NC(=O)C1CCCN(C(=O)Cn2cnc3sccc3c2=O)C1. The van der Waals surface area contributed by atoms with Gasteiger partial charge in [0.05, 0.1) is 17.6 Å². The lowest BCUT2D eigenvalue weighted by Crippen LogP contribution is -2.45. The standard InChI is InChI=1S/C14H16N4O3S/c15-12(20)9-2-1-4-17(6-9)11(19)7-18-8-16-13-10(14(18)21)3-5-22-13/h3,5,8-9H,1-2,4,6-7H2,(H2,15,20). The maximum absolute atomic E-state index is 12.4. The second-order valence-corrected chi connectivity index (χ2v) is 6.29. The highest BCUT2D eigenvalue weighted by Gasteiger charge is 2.27. The first kappa shape index (κ1) is 14.7. The highest BCUT2D eigenvalue weighted by molar-refractivity contribution is 7.16. The largest absolute Gasteiger partial charge is 0.369 e. The average molecular weight is 320 g/mol. The fraction of sp³-hybridized carbons (Fsp3) is 0.429. The molecule has 2 amide bonds. The molecule has 1 aliphatic rings. The number of aromatic nitrogens is 2. The summed E-state index contributed by atoms with van der Waals surface area (Å²) in [7, 11) is 0. The lowest BCUT2D eigenvalue weighted by atomic mass is 9.97. The molecule has 3 rings (SSSR count). The predicted octanol–water partition coefficient (Wildman–Crippen LogP) is 0.182. The van der Waals surface area contributed by atoms with Crippen LogP contribution in [0.4, 0.5) is 0 Å². The molecular formula is C14H16N4O3S. The summed E-state index contributed by atoms with van der Waals surface area (Å²) in [6.07, 6.45) is 2.85. The third-order valence-electron chi connectivity index (χ3n) is 3.93. The Bertz CT molecular complexity index is 782. The van der Waals surface area contributed by atoms with Crippen molar-refractivity contribution in [2.45, 2.75) is 19.4 Å². The van der Waals surface area contributed by atoms with Gasteiger partial charge in [-0.1, -0.05) is 0 Å². The zero-order valence-electron chi connectivity index (χ0n) is 11.9. The molecule has 0 bridgehead atoms. The van der Waals surface area contributed by atoms with Crippen molar-refractivity contribution in [3.05, 3.63) is 28.1 Å². The van der Waals surface area contributed by atoms with Crippen LogP contribution in [-0.2, 0) is 16.1 Å². The number of carbonyl (C=O) groups excluding carboxylic acids is 2. The summed E-state index contributed by atoms with van der Waals surface area (Å²) in [5.41, 5.74) is 5.10. The molecule has 22 heavy (non-hydrogen) atoms. The van der Waals surface area contributed by atoms with Crippen molar-refractivity contribution in [3.8, 4) is 0 Å². The summed E-state index contributed by atoms with van der Waals surface area (Å²) in [6.45, 7) is 0.853. The van der Waals surface area contributed by atoms with Crippen molar-refractivity contribution in [2.24, 2.45) is 11.7 Å². The summed E-state index contributed by atoms with van der Waals surface area (Å²) in [5.74, 6) is -0.868. The number of nitrogens with zero attached hydrogens (tertiary/aromatic N) is 3. The predicted molar refractivity (Wildman–Crippen MR) is 82.4 cm³/mol. The van der Waals surface area contributed by atoms with E-state index < -0.39 is 0 Å². The number of fused-ring (bicyclic) bond motifs is 1. The Morgan fingerprint density at radius 1 is 1.45 bits per heavy atom. The molecule has 0 aliphatic carbocycles. The van der Waals surface area contributed by atoms with Crippen LogP contribution in [0.5, 0.6) is 0 Å². The smallest absolute Gasteiger partial charge is 0.262 e. The van der Waals surface area contributed by atoms with Gasteiger partial charge < -0.3 is 10.6 Å². The Kier molecular flexibility index (Phi) is 3.93. The van der Waals surface area contributed by atoms with Gasteiger partial charge in [0.2, 0.25) is 11.8 Å². The maximum Gasteiger partial charge on any atom is 0.262 e. The first-order valence-electron chi connectivity index (χ1n) is 7.06. The Labute approximate surface area is 130 Å². The molecule has 1 atom stereocenters. The van der Waals surface area contributed by atoms with E-state index >= 15 is 0 Å². The zero-order valence-corrected chi connectivity index (χ0v) is 12.7. The summed E-state index contributed by atoms with van der Waals surface area (Å²) in [6, 6.07) is 1.71. The number of primary amides is 1. The van der Waals surface area contributed by atoms with Crippen LogP contribution in [0.25, 0.3) is 10.2 Å². The van der Waals surface area contributed by atoms with E-state index in [4.69, 9.17) is 5.73 Å². The van der Waals surface area contributed by atoms with E-state index in [0.717, 1.165) is 6.42 Å². The molecule has 3 heterocycles. The maximum atomic E-state index is 12.4. The van der Waals surface area contributed by atoms with Crippen LogP contribution in [0.3, 0.4) is 0 Å². The molecule has 8 heteroatoms. The number of hydrogen-bond acceptors (Lipinski definition) is 5. The van der Waals surface area contributed by atoms with Crippen LogP contribution in [0, 0.1) is 5.92 Å². The molecule has 116 valence electrons. The van der Waals surface area contributed by atoms with E-state index in [0.29, 0.717) is 29.7 Å². The van der Waals surface area contributed by atoms with Gasteiger partial charge >= 0.3 is 0 Å².